The number of fused-ring (bicyclic) bond motifs is 4. The zero-order valence-electron chi connectivity index (χ0n) is 19.1. The van der Waals surface area contributed by atoms with E-state index in [4.69, 9.17) is 5.10 Å². The Balaban J connectivity index is 1.43. The largest absolute Gasteiger partial charge is 0.327 e. The minimum atomic E-state index is -0.484. The highest BCUT2D eigenvalue weighted by molar-refractivity contribution is 6.04. The fourth-order valence-electron chi connectivity index (χ4n) is 5.28. The molecule has 3 aliphatic heterocycles. The molecule has 3 unspecified atom stereocenters. The smallest absolute Gasteiger partial charge is 0.310 e. The summed E-state index contributed by atoms with van der Waals surface area (Å²) in [6.45, 7) is 1.07. The van der Waals surface area contributed by atoms with E-state index in [1.165, 1.54) is 15.7 Å². The summed E-state index contributed by atoms with van der Waals surface area (Å²) in [5, 5.41) is 12.9. The Labute approximate surface area is 198 Å². The van der Waals surface area contributed by atoms with Gasteiger partial charge in [-0.25, -0.2) is 9.69 Å². The number of amides is 3. The van der Waals surface area contributed by atoms with E-state index >= 15 is 0 Å². The molecular weight excluding hydrogens is 428 g/mol. The molecule has 3 aromatic rings. The molecule has 2 fully saturated rings. The maximum absolute atomic E-state index is 13.2. The highest BCUT2D eigenvalue weighted by Gasteiger charge is 2.55. The van der Waals surface area contributed by atoms with E-state index in [0.29, 0.717) is 13.1 Å². The lowest BCUT2D eigenvalue weighted by Crippen LogP contribution is -2.65. The molecule has 3 heterocycles. The molecule has 3 atom stereocenters. The summed E-state index contributed by atoms with van der Waals surface area (Å²) in [6.07, 6.45) is -0.728. The molecule has 8 heteroatoms. The monoisotopic (exact) mass is 454 g/mol. The highest BCUT2D eigenvalue weighted by Crippen LogP contribution is 2.32. The van der Waals surface area contributed by atoms with Crippen molar-refractivity contribution in [3.05, 3.63) is 83.9 Å². The lowest BCUT2D eigenvalue weighted by Gasteiger charge is -2.41. The van der Waals surface area contributed by atoms with Gasteiger partial charge in [0.1, 0.15) is 12.2 Å². The number of hydrogen-bond acceptors (Lipinski definition) is 6. The van der Waals surface area contributed by atoms with Gasteiger partial charge < -0.3 is 4.90 Å². The third-order valence-electron chi connectivity index (χ3n) is 7.06. The molecule has 2 saturated heterocycles. The van der Waals surface area contributed by atoms with Gasteiger partial charge in [-0.2, -0.15) is 5.10 Å². The molecule has 6 rings (SSSR count). The minimum Gasteiger partial charge on any atom is -0.310 e. The van der Waals surface area contributed by atoms with Crippen LogP contribution in [-0.2, 0) is 11.3 Å². The molecule has 34 heavy (non-hydrogen) atoms. The zero-order valence-corrected chi connectivity index (χ0v) is 19.1. The van der Waals surface area contributed by atoms with Crippen molar-refractivity contribution >= 4 is 28.4 Å². The van der Waals surface area contributed by atoms with Crippen LogP contribution in [0.25, 0.3) is 10.8 Å². The van der Waals surface area contributed by atoms with Crippen molar-refractivity contribution < 1.29 is 9.59 Å². The molecular formula is C26H26N6O2. The summed E-state index contributed by atoms with van der Waals surface area (Å²) >= 11 is 0. The van der Waals surface area contributed by atoms with Crippen LogP contribution in [0.3, 0.4) is 0 Å². The molecule has 0 bridgehead atoms. The van der Waals surface area contributed by atoms with Crippen LogP contribution in [0.15, 0.2) is 77.9 Å². The van der Waals surface area contributed by atoms with Gasteiger partial charge in [0.15, 0.2) is 6.29 Å². The van der Waals surface area contributed by atoms with Crippen molar-refractivity contribution in [3.63, 3.8) is 0 Å². The molecule has 3 amide bonds. The Bertz CT molecular complexity index is 1300. The number of carbonyl (C=O) groups excluding carboxylic acids is 2. The van der Waals surface area contributed by atoms with E-state index < -0.39 is 12.2 Å². The highest BCUT2D eigenvalue weighted by atomic mass is 16.2. The van der Waals surface area contributed by atoms with Crippen LogP contribution < -0.4 is 5.32 Å². The number of carbonyl (C=O) groups is 2. The number of nitrogens with zero attached hydrogens (tertiary/aromatic N) is 5. The van der Waals surface area contributed by atoms with Crippen LogP contribution in [0.2, 0.25) is 0 Å². The SMILES string of the molecule is CN1C(=O)C2C(NC3N(Cc4cccc5ccccc45)N=C(c4ccccc4)CN23)N(C)C1=O. The average Bonchev–Trinajstić information content (AvgIpc) is 3.27. The Morgan fingerprint density at radius 3 is 2.50 bits per heavy atom. The van der Waals surface area contributed by atoms with E-state index in [1.54, 1.807) is 19.0 Å². The second kappa shape index (κ2) is 7.93. The number of hydrazone groups is 1. The van der Waals surface area contributed by atoms with E-state index in [-0.39, 0.29) is 18.2 Å². The van der Waals surface area contributed by atoms with E-state index in [1.807, 2.05) is 47.5 Å². The number of hydrogen-bond donors (Lipinski definition) is 1. The Morgan fingerprint density at radius 1 is 0.941 bits per heavy atom. The van der Waals surface area contributed by atoms with Gasteiger partial charge in [0, 0.05) is 20.6 Å². The minimum absolute atomic E-state index is 0.192. The third kappa shape index (κ3) is 3.18. The predicted molar refractivity (Wildman–Crippen MR) is 130 cm³/mol. The van der Waals surface area contributed by atoms with Gasteiger partial charge in [-0.15, -0.1) is 0 Å². The van der Waals surface area contributed by atoms with Gasteiger partial charge in [0.25, 0.3) is 5.91 Å². The van der Waals surface area contributed by atoms with Crippen LogP contribution in [-0.4, -0.2) is 76.5 Å². The Kier molecular flexibility index (Phi) is 4.86. The number of nitrogens with one attached hydrogen (secondary N) is 1. The molecule has 0 saturated carbocycles. The van der Waals surface area contributed by atoms with Crippen molar-refractivity contribution in [2.45, 2.75) is 25.0 Å². The molecule has 0 aromatic heterocycles. The third-order valence-corrected chi connectivity index (χ3v) is 7.06. The normalized spacial score (nSPS) is 24.9. The lowest BCUT2D eigenvalue weighted by molar-refractivity contribution is -0.137. The van der Waals surface area contributed by atoms with Crippen LogP contribution in [0.5, 0.6) is 0 Å². The van der Waals surface area contributed by atoms with Crippen molar-refractivity contribution in [1.82, 2.24) is 25.0 Å². The van der Waals surface area contributed by atoms with Crippen LogP contribution >= 0.6 is 0 Å². The fraction of sp³-hybridized carbons (Fsp3) is 0.269. The van der Waals surface area contributed by atoms with Gasteiger partial charge in [-0.1, -0.05) is 72.8 Å². The van der Waals surface area contributed by atoms with Gasteiger partial charge in [-0.05, 0) is 21.9 Å². The molecule has 172 valence electrons. The number of likely N-dealkylation sites (N-methyl/N-ethyl adjacent to an activating group) is 2. The second-order valence-electron chi connectivity index (χ2n) is 9.04. The quantitative estimate of drug-likeness (QED) is 0.659. The van der Waals surface area contributed by atoms with E-state index in [9.17, 15) is 9.59 Å². The summed E-state index contributed by atoms with van der Waals surface area (Å²) in [5.41, 5.74) is 3.07. The van der Waals surface area contributed by atoms with Crippen molar-refractivity contribution in [1.29, 1.82) is 0 Å². The van der Waals surface area contributed by atoms with Crippen LogP contribution in [0, 0.1) is 0 Å². The maximum Gasteiger partial charge on any atom is 0.327 e. The Hall–Kier alpha value is -3.75. The molecule has 8 nitrogen and oxygen atoms in total. The molecule has 3 aliphatic rings. The van der Waals surface area contributed by atoms with Crippen LogP contribution in [0.4, 0.5) is 4.79 Å². The first-order valence-corrected chi connectivity index (χ1v) is 11.5. The predicted octanol–water partition coefficient (Wildman–Crippen LogP) is 2.47. The number of rotatable bonds is 3. The second-order valence-corrected chi connectivity index (χ2v) is 9.04. The summed E-state index contributed by atoms with van der Waals surface area (Å²) in [6, 6.07) is 23.9. The van der Waals surface area contributed by atoms with Gasteiger partial charge in [-0.3, -0.25) is 20.0 Å². The molecule has 0 radical (unpaired) electrons. The van der Waals surface area contributed by atoms with Crippen molar-refractivity contribution in [2.75, 3.05) is 20.6 Å². The fourth-order valence-corrected chi connectivity index (χ4v) is 5.28. The Morgan fingerprint density at radius 2 is 1.68 bits per heavy atom. The first kappa shape index (κ1) is 20.8. The molecule has 1 N–H and O–H groups in total. The molecule has 3 aromatic carbocycles. The summed E-state index contributed by atoms with van der Waals surface area (Å²) in [5.74, 6) is -0.192. The number of imide groups is 1. The number of urea groups is 1. The topological polar surface area (TPSA) is 71.5 Å². The summed E-state index contributed by atoms with van der Waals surface area (Å²) in [4.78, 5) is 30.8. The van der Waals surface area contributed by atoms with E-state index in [0.717, 1.165) is 16.8 Å². The molecule has 0 spiro atoms. The van der Waals surface area contributed by atoms with Crippen molar-refractivity contribution in [3.8, 4) is 0 Å². The maximum atomic E-state index is 13.2. The standard InChI is InChI=1S/C26H26N6O2/c1-29-23-22(24(33)30(2)26(29)34)31-16-21(18-10-4-3-5-11-18)28-32(25(31)27-23)15-19-13-8-12-17-9-6-7-14-20(17)19/h3-14,22-23,25,27H,15-16H2,1-2H3. The average molecular weight is 455 g/mol. The molecule has 0 aliphatic carbocycles. The van der Waals surface area contributed by atoms with Gasteiger partial charge in [0.2, 0.25) is 0 Å². The summed E-state index contributed by atoms with van der Waals surface area (Å²) < 4.78 is 0. The zero-order chi connectivity index (χ0) is 23.4. The number of benzene rings is 3. The summed E-state index contributed by atoms with van der Waals surface area (Å²) in [7, 11) is 3.29. The first-order valence-electron chi connectivity index (χ1n) is 11.5. The lowest BCUT2D eigenvalue weighted by atomic mass is 10.0. The van der Waals surface area contributed by atoms with Crippen LogP contribution in [0.1, 0.15) is 11.1 Å². The first-order chi connectivity index (χ1) is 16.5. The van der Waals surface area contributed by atoms with Crippen molar-refractivity contribution in [2.24, 2.45) is 5.10 Å². The van der Waals surface area contributed by atoms with Gasteiger partial charge >= 0.3 is 6.03 Å². The van der Waals surface area contributed by atoms with E-state index in [2.05, 4.69) is 40.5 Å². The van der Waals surface area contributed by atoms with Gasteiger partial charge in [0.05, 0.1) is 12.3 Å².